The van der Waals surface area contributed by atoms with Gasteiger partial charge in [0.2, 0.25) is 0 Å². The van der Waals surface area contributed by atoms with E-state index in [2.05, 4.69) is 4.98 Å². The van der Waals surface area contributed by atoms with Gasteiger partial charge >= 0.3 is 0 Å². The minimum atomic E-state index is -1.46. The Hall–Kier alpha value is -1.42. The van der Waals surface area contributed by atoms with Gasteiger partial charge in [-0.15, -0.1) is 0 Å². The fraction of sp³-hybridized carbons (Fsp3) is 0.250. The number of pyridine rings is 1. The lowest BCUT2D eigenvalue weighted by atomic mass is 10.1. The average Bonchev–Trinajstić information content (AvgIpc) is 2.06. The van der Waals surface area contributed by atoms with Gasteiger partial charge in [-0.05, 0) is 11.6 Å². The van der Waals surface area contributed by atoms with Crippen LogP contribution in [0.2, 0.25) is 0 Å². The van der Waals surface area contributed by atoms with Crippen molar-refractivity contribution in [3.63, 3.8) is 0 Å². The zero-order valence-corrected chi connectivity index (χ0v) is 6.30. The molecule has 1 heterocycles. The van der Waals surface area contributed by atoms with Crippen LogP contribution in [0.5, 0.6) is 0 Å². The highest BCUT2D eigenvalue weighted by atomic mass is 16.4. The highest BCUT2D eigenvalue weighted by Gasteiger charge is 2.05. The zero-order chi connectivity index (χ0) is 8.97. The molecule has 0 aliphatic heterocycles. The van der Waals surface area contributed by atoms with Crippen LogP contribution in [0.25, 0.3) is 0 Å². The van der Waals surface area contributed by atoms with E-state index in [1.165, 1.54) is 6.20 Å². The van der Waals surface area contributed by atoms with Crippen molar-refractivity contribution in [2.24, 2.45) is 0 Å². The molecule has 0 saturated carbocycles. The molecule has 0 radical (unpaired) electrons. The molecule has 0 fully saturated rings. The molecule has 0 saturated heterocycles. The molecule has 0 amide bonds. The molecular weight excluding hydrogens is 158 g/mol. The fourth-order valence-electron chi connectivity index (χ4n) is 0.825. The minimum absolute atomic E-state index is 0.0379. The monoisotopic (exact) mass is 166 g/mol. The van der Waals surface area contributed by atoms with E-state index in [4.69, 9.17) is 5.11 Å². The van der Waals surface area contributed by atoms with Gasteiger partial charge in [0.1, 0.15) is 0 Å². The molecule has 1 aromatic rings. The molecule has 0 spiro atoms. The first-order chi connectivity index (χ1) is 5.70. The Labute approximate surface area is 69.5 Å². The van der Waals surface area contributed by atoms with E-state index in [1.807, 2.05) is 0 Å². The number of carboxylic acid groups (broad SMARTS) is 1. The van der Waals surface area contributed by atoms with Crippen molar-refractivity contribution in [1.29, 1.82) is 0 Å². The normalized spacial score (nSPS) is 12.4. The summed E-state index contributed by atoms with van der Waals surface area (Å²) in [5.41, 5.74) is 0.675. The quantitative estimate of drug-likeness (QED) is 0.608. The van der Waals surface area contributed by atoms with Crippen LogP contribution >= 0.6 is 0 Å². The molecule has 0 aliphatic carbocycles. The third kappa shape index (κ3) is 2.32. The minimum Gasteiger partial charge on any atom is -0.547 e. The summed E-state index contributed by atoms with van der Waals surface area (Å²) < 4.78 is 0. The van der Waals surface area contributed by atoms with Crippen LogP contribution in [0.4, 0.5) is 0 Å². The molecule has 4 heteroatoms. The topological polar surface area (TPSA) is 73.2 Å². The number of carbonyl (C=O) groups excluding carboxylic acids is 1. The van der Waals surface area contributed by atoms with Crippen molar-refractivity contribution < 1.29 is 15.0 Å². The van der Waals surface area contributed by atoms with Crippen LogP contribution in [0.15, 0.2) is 24.5 Å². The third-order valence-corrected chi connectivity index (χ3v) is 1.42. The van der Waals surface area contributed by atoms with Crippen LogP contribution in [-0.2, 0) is 11.2 Å². The fourth-order valence-corrected chi connectivity index (χ4v) is 0.825. The van der Waals surface area contributed by atoms with Gasteiger partial charge in [-0.2, -0.15) is 0 Å². The van der Waals surface area contributed by atoms with Gasteiger partial charge in [0.15, 0.2) is 0 Å². The molecule has 1 rings (SSSR count). The Morgan fingerprint density at radius 2 is 2.50 bits per heavy atom. The largest absolute Gasteiger partial charge is 0.547 e. The molecule has 1 aromatic heterocycles. The van der Waals surface area contributed by atoms with Crippen molar-refractivity contribution in [2.45, 2.75) is 12.5 Å². The summed E-state index contributed by atoms with van der Waals surface area (Å²) in [5, 5.41) is 19.0. The van der Waals surface area contributed by atoms with Crippen molar-refractivity contribution >= 4 is 5.97 Å². The number of carboxylic acids is 1. The summed E-state index contributed by atoms with van der Waals surface area (Å²) in [6, 6.07) is 3.37. The first-order valence-electron chi connectivity index (χ1n) is 3.48. The smallest absolute Gasteiger partial charge is 0.0974 e. The van der Waals surface area contributed by atoms with Crippen LogP contribution in [0.3, 0.4) is 0 Å². The Bertz CT molecular complexity index is 260. The first-order valence-corrected chi connectivity index (χ1v) is 3.48. The molecular formula is C8H8NO3-. The summed E-state index contributed by atoms with van der Waals surface area (Å²) >= 11 is 0. The zero-order valence-electron chi connectivity index (χ0n) is 6.30. The van der Waals surface area contributed by atoms with Gasteiger partial charge in [0, 0.05) is 18.8 Å². The van der Waals surface area contributed by atoms with E-state index in [9.17, 15) is 9.90 Å². The molecule has 0 aromatic carbocycles. The number of hydrogen-bond acceptors (Lipinski definition) is 4. The highest BCUT2D eigenvalue weighted by molar-refractivity contribution is 5.69. The second-order valence-corrected chi connectivity index (χ2v) is 2.40. The van der Waals surface area contributed by atoms with Gasteiger partial charge in [-0.25, -0.2) is 0 Å². The van der Waals surface area contributed by atoms with Crippen LogP contribution in [-0.4, -0.2) is 22.2 Å². The predicted octanol–water partition coefficient (Wildman–Crippen LogP) is -1.27. The van der Waals surface area contributed by atoms with Crippen molar-refractivity contribution in [1.82, 2.24) is 4.98 Å². The lowest BCUT2D eigenvalue weighted by Crippen LogP contribution is -2.36. The number of aliphatic carboxylic acids is 1. The predicted molar refractivity (Wildman–Crippen MR) is 39.0 cm³/mol. The number of rotatable bonds is 3. The van der Waals surface area contributed by atoms with Crippen molar-refractivity contribution in [3.8, 4) is 0 Å². The second kappa shape index (κ2) is 3.82. The molecule has 64 valence electrons. The molecule has 12 heavy (non-hydrogen) atoms. The van der Waals surface area contributed by atoms with Gasteiger partial charge in [0.25, 0.3) is 0 Å². The molecule has 1 N–H and O–H groups in total. The maximum Gasteiger partial charge on any atom is 0.0974 e. The van der Waals surface area contributed by atoms with E-state index in [-0.39, 0.29) is 6.42 Å². The van der Waals surface area contributed by atoms with E-state index >= 15 is 0 Å². The Morgan fingerprint density at radius 1 is 1.75 bits per heavy atom. The number of aliphatic hydroxyl groups is 1. The maximum absolute atomic E-state index is 10.1. The van der Waals surface area contributed by atoms with Gasteiger partial charge in [-0.1, -0.05) is 6.07 Å². The SMILES string of the molecule is O=C([O-])[C@H](O)Cc1cccnc1. The summed E-state index contributed by atoms with van der Waals surface area (Å²) in [6.07, 6.45) is 1.67. The average molecular weight is 166 g/mol. The summed E-state index contributed by atoms with van der Waals surface area (Å²) in [6.45, 7) is 0. The van der Waals surface area contributed by atoms with Crippen LogP contribution < -0.4 is 5.11 Å². The molecule has 0 aliphatic rings. The van der Waals surface area contributed by atoms with Crippen LogP contribution in [0.1, 0.15) is 5.56 Å². The number of carbonyl (C=O) groups is 1. The standard InChI is InChI=1S/C8H9NO3/c10-7(8(11)12)4-6-2-1-3-9-5-6/h1-3,5,7,10H,4H2,(H,11,12)/p-1/t7-/m1/s1. The lowest BCUT2D eigenvalue weighted by molar-refractivity contribution is -0.314. The first kappa shape index (κ1) is 8.67. The Morgan fingerprint density at radius 3 is 3.00 bits per heavy atom. The molecule has 0 unspecified atom stereocenters. The summed E-state index contributed by atoms with van der Waals surface area (Å²) in [4.78, 5) is 13.9. The second-order valence-electron chi connectivity index (χ2n) is 2.40. The molecule has 4 nitrogen and oxygen atoms in total. The van der Waals surface area contributed by atoms with E-state index in [1.54, 1.807) is 18.3 Å². The maximum atomic E-state index is 10.1. The summed E-state index contributed by atoms with van der Waals surface area (Å²) in [5.74, 6) is -1.46. The highest BCUT2D eigenvalue weighted by Crippen LogP contribution is 1.99. The number of nitrogens with zero attached hydrogens (tertiary/aromatic N) is 1. The summed E-state index contributed by atoms with van der Waals surface area (Å²) in [7, 11) is 0. The van der Waals surface area contributed by atoms with E-state index < -0.39 is 12.1 Å². The number of aromatic nitrogens is 1. The van der Waals surface area contributed by atoms with Crippen LogP contribution in [0, 0.1) is 0 Å². The van der Waals surface area contributed by atoms with Crippen molar-refractivity contribution in [2.75, 3.05) is 0 Å². The van der Waals surface area contributed by atoms with E-state index in [0.29, 0.717) is 5.56 Å². The molecule has 1 atom stereocenters. The third-order valence-electron chi connectivity index (χ3n) is 1.42. The van der Waals surface area contributed by atoms with Gasteiger partial charge in [0.05, 0.1) is 12.1 Å². The Balaban J connectivity index is 2.58. The van der Waals surface area contributed by atoms with Gasteiger partial charge in [-0.3, -0.25) is 4.98 Å². The van der Waals surface area contributed by atoms with Crippen molar-refractivity contribution in [3.05, 3.63) is 30.1 Å². The van der Waals surface area contributed by atoms with Gasteiger partial charge < -0.3 is 15.0 Å². The number of aliphatic hydroxyl groups excluding tert-OH is 1. The Kier molecular flexibility index (Phi) is 2.76. The lowest BCUT2D eigenvalue weighted by Gasteiger charge is -2.10. The molecule has 0 bridgehead atoms. The van der Waals surface area contributed by atoms with E-state index in [0.717, 1.165) is 0 Å². The number of hydrogen-bond donors (Lipinski definition) is 1.